The fourth-order valence-corrected chi connectivity index (χ4v) is 2.43. The minimum atomic E-state index is -0.189. The van der Waals surface area contributed by atoms with Gasteiger partial charge in [-0.2, -0.15) is 4.98 Å². The molecule has 0 aromatic carbocycles. The largest absolute Gasteiger partial charge is 0.477 e. The number of nitrogens with zero attached hydrogens (tertiary/aromatic N) is 2. The van der Waals surface area contributed by atoms with Crippen molar-refractivity contribution in [2.75, 3.05) is 25.6 Å². The number of aromatic nitrogens is 2. The molecule has 0 amide bonds. The standard InChI is InChI=1S/C14H21N3O2S/c1-5-15-13-16-11(10-6-9-20-12(10)17-13)19-8-7-14(2,3)18-4/h6,9H,5,7-8H2,1-4H3,(H,15,16,17). The van der Waals surface area contributed by atoms with Gasteiger partial charge in [-0.15, -0.1) is 11.3 Å². The highest BCUT2D eigenvalue weighted by atomic mass is 32.1. The number of nitrogens with one attached hydrogen (secondary N) is 1. The van der Waals surface area contributed by atoms with E-state index in [1.54, 1.807) is 18.4 Å². The molecule has 0 fully saturated rings. The molecule has 0 atom stereocenters. The van der Waals surface area contributed by atoms with E-state index < -0.39 is 0 Å². The fourth-order valence-electron chi connectivity index (χ4n) is 1.67. The van der Waals surface area contributed by atoms with Gasteiger partial charge in [-0.1, -0.05) is 0 Å². The lowest BCUT2D eigenvalue weighted by Gasteiger charge is -2.22. The Kier molecular flexibility index (Phi) is 4.77. The summed E-state index contributed by atoms with van der Waals surface area (Å²) >= 11 is 1.59. The van der Waals surface area contributed by atoms with Crippen LogP contribution in [0.25, 0.3) is 10.2 Å². The van der Waals surface area contributed by atoms with E-state index in [9.17, 15) is 0 Å². The molecule has 1 N–H and O–H groups in total. The third kappa shape index (κ3) is 3.58. The zero-order chi connectivity index (χ0) is 14.6. The fraction of sp³-hybridized carbons (Fsp3) is 0.571. The summed E-state index contributed by atoms with van der Waals surface area (Å²) in [7, 11) is 1.71. The van der Waals surface area contributed by atoms with Crippen molar-refractivity contribution in [2.45, 2.75) is 32.8 Å². The molecule has 0 bridgehead atoms. The Morgan fingerprint density at radius 3 is 2.85 bits per heavy atom. The van der Waals surface area contributed by atoms with Gasteiger partial charge in [-0.05, 0) is 32.2 Å². The quantitative estimate of drug-likeness (QED) is 0.849. The van der Waals surface area contributed by atoms with Crippen molar-refractivity contribution >= 4 is 27.5 Å². The Hall–Kier alpha value is -1.40. The van der Waals surface area contributed by atoms with Crippen molar-refractivity contribution in [3.63, 3.8) is 0 Å². The summed E-state index contributed by atoms with van der Waals surface area (Å²) in [5.74, 6) is 1.25. The molecule has 0 spiro atoms. The van der Waals surface area contributed by atoms with E-state index in [-0.39, 0.29) is 5.60 Å². The monoisotopic (exact) mass is 295 g/mol. The summed E-state index contributed by atoms with van der Waals surface area (Å²) in [5, 5.41) is 6.09. The molecular weight excluding hydrogens is 274 g/mol. The molecule has 0 saturated carbocycles. The van der Waals surface area contributed by atoms with Crippen LogP contribution in [0.3, 0.4) is 0 Å². The Morgan fingerprint density at radius 2 is 2.15 bits per heavy atom. The zero-order valence-electron chi connectivity index (χ0n) is 12.4. The van der Waals surface area contributed by atoms with Crippen LogP contribution in [-0.4, -0.2) is 35.8 Å². The summed E-state index contributed by atoms with van der Waals surface area (Å²) in [4.78, 5) is 9.82. The minimum Gasteiger partial charge on any atom is -0.477 e. The zero-order valence-corrected chi connectivity index (χ0v) is 13.2. The van der Waals surface area contributed by atoms with Crippen LogP contribution in [0.2, 0.25) is 0 Å². The number of anilines is 1. The summed E-state index contributed by atoms with van der Waals surface area (Å²) in [6.45, 7) is 7.45. The number of rotatable bonds is 7. The molecule has 6 heteroatoms. The molecule has 2 aromatic rings. The van der Waals surface area contributed by atoms with Crippen molar-refractivity contribution in [3.8, 4) is 5.88 Å². The van der Waals surface area contributed by atoms with Crippen LogP contribution in [-0.2, 0) is 4.74 Å². The number of hydrogen-bond donors (Lipinski definition) is 1. The van der Waals surface area contributed by atoms with E-state index in [1.165, 1.54) is 0 Å². The van der Waals surface area contributed by atoms with E-state index >= 15 is 0 Å². The van der Waals surface area contributed by atoms with Gasteiger partial charge in [0.1, 0.15) is 4.83 Å². The lowest BCUT2D eigenvalue weighted by Crippen LogP contribution is -2.25. The second-order valence-corrected chi connectivity index (χ2v) is 5.98. The van der Waals surface area contributed by atoms with Crippen LogP contribution in [0.1, 0.15) is 27.2 Å². The first-order valence-corrected chi connectivity index (χ1v) is 7.61. The predicted octanol–water partition coefficient (Wildman–Crippen LogP) is 3.32. The van der Waals surface area contributed by atoms with Crippen LogP contribution < -0.4 is 10.1 Å². The van der Waals surface area contributed by atoms with E-state index in [0.717, 1.165) is 23.2 Å². The number of fused-ring (bicyclic) bond motifs is 1. The van der Waals surface area contributed by atoms with Crippen molar-refractivity contribution in [1.29, 1.82) is 0 Å². The van der Waals surface area contributed by atoms with E-state index in [4.69, 9.17) is 9.47 Å². The first-order chi connectivity index (χ1) is 9.55. The molecule has 110 valence electrons. The summed E-state index contributed by atoms with van der Waals surface area (Å²) in [5.41, 5.74) is -0.189. The van der Waals surface area contributed by atoms with Gasteiger partial charge in [-0.25, -0.2) is 4.98 Å². The molecular formula is C14H21N3O2S. The van der Waals surface area contributed by atoms with Crippen molar-refractivity contribution < 1.29 is 9.47 Å². The molecule has 0 radical (unpaired) electrons. The van der Waals surface area contributed by atoms with Gasteiger partial charge in [0.25, 0.3) is 0 Å². The molecule has 0 unspecified atom stereocenters. The predicted molar refractivity (Wildman–Crippen MR) is 82.8 cm³/mol. The van der Waals surface area contributed by atoms with Crippen molar-refractivity contribution in [2.24, 2.45) is 0 Å². The van der Waals surface area contributed by atoms with Gasteiger partial charge in [0, 0.05) is 20.1 Å². The van der Waals surface area contributed by atoms with E-state index in [0.29, 0.717) is 18.4 Å². The molecule has 2 heterocycles. The highest BCUT2D eigenvalue weighted by Crippen LogP contribution is 2.28. The normalized spacial score (nSPS) is 11.8. The van der Waals surface area contributed by atoms with Crippen molar-refractivity contribution in [3.05, 3.63) is 11.4 Å². The number of methoxy groups -OCH3 is 1. The maximum Gasteiger partial charge on any atom is 0.227 e. The minimum absolute atomic E-state index is 0.189. The number of ether oxygens (including phenoxy) is 2. The average molecular weight is 295 g/mol. The van der Waals surface area contributed by atoms with Gasteiger partial charge < -0.3 is 14.8 Å². The van der Waals surface area contributed by atoms with Crippen LogP contribution in [0, 0.1) is 0 Å². The third-order valence-electron chi connectivity index (χ3n) is 3.12. The van der Waals surface area contributed by atoms with E-state index in [1.807, 2.05) is 32.2 Å². The average Bonchev–Trinajstić information content (AvgIpc) is 2.87. The molecule has 0 saturated heterocycles. The van der Waals surface area contributed by atoms with Crippen LogP contribution in [0.4, 0.5) is 5.95 Å². The highest BCUT2D eigenvalue weighted by Gasteiger charge is 2.17. The second kappa shape index (κ2) is 6.37. The smallest absolute Gasteiger partial charge is 0.227 e. The summed E-state index contributed by atoms with van der Waals surface area (Å²) in [6, 6.07) is 1.99. The van der Waals surface area contributed by atoms with Gasteiger partial charge in [0.05, 0.1) is 17.6 Å². The molecule has 0 aliphatic rings. The highest BCUT2D eigenvalue weighted by molar-refractivity contribution is 7.16. The lowest BCUT2D eigenvalue weighted by atomic mass is 10.1. The van der Waals surface area contributed by atoms with Gasteiger partial charge >= 0.3 is 0 Å². The van der Waals surface area contributed by atoms with E-state index in [2.05, 4.69) is 15.3 Å². The number of thiophene rings is 1. The Bertz CT molecular complexity index is 569. The first-order valence-electron chi connectivity index (χ1n) is 6.73. The Labute approximate surface area is 123 Å². The Morgan fingerprint density at radius 1 is 1.35 bits per heavy atom. The van der Waals surface area contributed by atoms with Crippen molar-refractivity contribution in [1.82, 2.24) is 9.97 Å². The Balaban J connectivity index is 2.13. The van der Waals surface area contributed by atoms with Crippen LogP contribution in [0.15, 0.2) is 11.4 Å². The molecule has 0 aliphatic heterocycles. The maximum absolute atomic E-state index is 5.84. The van der Waals surface area contributed by atoms with Crippen LogP contribution >= 0.6 is 11.3 Å². The molecule has 0 aliphatic carbocycles. The van der Waals surface area contributed by atoms with Gasteiger partial charge in [0.2, 0.25) is 11.8 Å². The summed E-state index contributed by atoms with van der Waals surface area (Å²) in [6.07, 6.45) is 0.801. The SMILES string of the molecule is CCNc1nc(OCCC(C)(C)OC)c2ccsc2n1. The maximum atomic E-state index is 5.84. The molecule has 20 heavy (non-hydrogen) atoms. The third-order valence-corrected chi connectivity index (χ3v) is 3.93. The lowest BCUT2D eigenvalue weighted by molar-refractivity contribution is 0.00523. The van der Waals surface area contributed by atoms with Gasteiger partial charge in [-0.3, -0.25) is 0 Å². The number of hydrogen-bond acceptors (Lipinski definition) is 6. The topological polar surface area (TPSA) is 56.3 Å². The second-order valence-electron chi connectivity index (χ2n) is 5.08. The molecule has 2 rings (SSSR count). The molecule has 2 aromatic heterocycles. The molecule has 5 nitrogen and oxygen atoms in total. The first kappa shape index (κ1) is 15.0. The summed E-state index contributed by atoms with van der Waals surface area (Å²) < 4.78 is 11.2. The van der Waals surface area contributed by atoms with Crippen LogP contribution in [0.5, 0.6) is 5.88 Å². The van der Waals surface area contributed by atoms with Gasteiger partial charge in [0.15, 0.2) is 0 Å².